The average Bonchev–Trinajstić information content (AvgIpc) is 2.85. The monoisotopic (exact) mass is 244 g/mol. The van der Waals surface area contributed by atoms with Crippen molar-refractivity contribution >= 4 is 5.91 Å². The van der Waals surface area contributed by atoms with Gasteiger partial charge in [0.05, 0.1) is 0 Å². The van der Waals surface area contributed by atoms with Gasteiger partial charge in [0.1, 0.15) is 0 Å². The summed E-state index contributed by atoms with van der Waals surface area (Å²) in [5, 5.41) is 3.32. The molecule has 0 saturated carbocycles. The van der Waals surface area contributed by atoms with Crippen molar-refractivity contribution in [2.24, 2.45) is 0 Å². The van der Waals surface area contributed by atoms with Crippen LogP contribution in [0.2, 0.25) is 0 Å². The first kappa shape index (κ1) is 11.7. The maximum Gasteiger partial charge on any atom is 0.254 e. The predicted octanol–water partition coefficient (Wildman–Crippen LogP) is 1.61. The standard InChI is InChI=1S/C15H20N2O/c1-11-10-16-7-8-17(11)15(18)14-6-5-12-3-2-4-13(12)9-14/h5-6,9,11,16H,2-4,7-8,10H2,1H3/t11-/m1/s1. The molecule has 0 aromatic heterocycles. The van der Waals surface area contributed by atoms with Crippen molar-refractivity contribution in [1.82, 2.24) is 10.2 Å². The Morgan fingerprint density at radius 1 is 1.33 bits per heavy atom. The molecule has 0 bridgehead atoms. The molecule has 1 aromatic carbocycles. The smallest absolute Gasteiger partial charge is 0.254 e. The van der Waals surface area contributed by atoms with E-state index in [1.165, 1.54) is 24.0 Å². The summed E-state index contributed by atoms with van der Waals surface area (Å²) in [6.45, 7) is 4.73. The second-order valence-corrected chi connectivity index (χ2v) is 5.39. The third kappa shape index (κ3) is 2.03. The van der Waals surface area contributed by atoms with Crippen LogP contribution in [0.15, 0.2) is 18.2 Å². The van der Waals surface area contributed by atoms with Gasteiger partial charge >= 0.3 is 0 Å². The SMILES string of the molecule is C[C@@H]1CNCCN1C(=O)c1ccc2c(c1)CCC2. The van der Waals surface area contributed by atoms with Crippen molar-refractivity contribution in [2.75, 3.05) is 19.6 Å². The number of nitrogens with one attached hydrogen (secondary N) is 1. The summed E-state index contributed by atoms with van der Waals surface area (Å²) >= 11 is 0. The topological polar surface area (TPSA) is 32.3 Å². The normalized spacial score (nSPS) is 22.9. The number of fused-ring (bicyclic) bond motifs is 1. The lowest BCUT2D eigenvalue weighted by molar-refractivity contribution is 0.0655. The van der Waals surface area contributed by atoms with E-state index in [1.54, 1.807) is 0 Å². The van der Waals surface area contributed by atoms with Crippen LogP contribution >= 0.6 is 0 Å². The van der Waals surface area contributed by atoms with Crippen molar-refractivity contribution in [3.8, 4) is 0 Å². The number of hydrogen-bond acceptors (Lipinski definition) is 2. The van der Waals surface area contributed by atoms with Crippen molar-refractivity contribution in [1.29, 1.82) is 0 Å². The Hall–Kier alpha value is -1.35. The number of hydrogen-bond donors (Lipinski definition) is 1. The summed E-state index contributed by atoms with van der Waals surface area (Å²) in [6.07, 6.45) is 3.54. The highest BCUT2D eigenvalue weighted by Gasteiger charge is 2.24. The number of aryl methyl sites for hydroxylation is 2. The van der Waals surface area contributed by atoms with E-state index in [9.17, 15) is 4.79 Å². The molecule has 1 atom stereocenters. The molecule has 1 fully saturated rings. The lowest BCUT2D eigenvalue weighted by Crippen LogP contribution is -2.52. The van der Waals surface area contributed by atoms with Gasteiger partial charge in [0, 0.05) is 31.2 Å². The molecule has 96 valence electrons. The maximum absolute atomic E-state index is 12.5. The second kappa shape index (κ2) is 4.73. The largest absolute Gasteiger partial charge is 0.333 e. The molecule has 1 N–H and O–H groups in total. The molecular weight excluding hydrogens is 224 g/mol. The molecule has 1 aliphatic carbocycles. The van der Waals surface area contributed by atoms with Crippen LogP contribution in [0.4, 0.5) is 0 Å². The molecule has 1 heterocycles. The second-order valence-electron chi connectivity index (χ2n) is 5.39. The number of carbonyl (C=O) groups excluding carboxylic acids is 1. The van der Waals surface area contributed by atoms with Crippen molar-refractivity contribution < 1.29 is 4.79 Å². The third-order valence-electron chi connectivity index (χ3n) is 4.11. The lowest BCUT2D eigenvalue weighted by Gasteiger charge is -2.34. The van der Waals surface area contributed by atoms with E-state index in [4.69, 9.17) is 0 Å². The molecule has 1 aromatic rings. The van der Waals surface area contributed by atoms with Crippen LogP contribution in [0.3, 0.4) is 0 Å². The van der Waals surface area contributed by atoms with Crippen LogP contribution in [0, 0.1) is 0 Å². The van der Waals surface area contributed by atoms with Crippen LogP contribution in [0.1, 0.15) is 34.8 Å². The molecule has 1 saturated heterocycles. The van der Waals surface area contributed by atoms with Gasteiger partial charge in [-0.25, -0.2) is 0 Å². The van der Waals surface area contributed by atoms with Gasteiger partial charge in [-0.15, -0.1) is 0 Å². The highest BCUT2D eigenvalue weighted by Crippen LogP contribution is 2.23. The molecule has 3 rings (SSSR count). The van der Waals surface area contributed by atoms with E-state index in [1.807, 2.05) is 11.0 Å². The summed E-state index contributed by atoms with van der Waals surface area (Å²) in [5.41, 5.74) is 3.67. The number of amides is 1. The van der Waals surface area contributed by atoms with E-state index < -0.39 is 0 Å². The van der Waals surface area contributed by atoms with Gasteiger partial charge in [0.15, 0.2) is 0 Å². The number of nitrogens with zero attached hydrogens (tertiary/aromatic N) is 1. The Morgan fingerprint density at radius 3 is 3.00 bits per heavy atom. The predicted molar refractivity (Wildman–Crippen MR) is 71.8 cm³/mol. The van der Waals surface area contributed by atoms with E-state index in [0.29, 0.717) is 6.04 Å². The summed E-state index contributed by atoms with van der Waals surface area (Å²) < 4.78 is 0. The molecule has 2 aliphatic rings. The van der Waals surface area contributed by atoms with Gasteiger partial charge in [-0.2, -0.15) is 0 Å². The first-order valence-electron chi connectivity index (χ1n) is 6.89. The Bertz CT molecular complexity index is 470. The molecule has 0 spiro atoms. The van der Waals surface area contributed by atoms with Crippen LogP contribution in [0.25, 0.3) is 0 Å². The van der Waals surface area contributed by atoms with E-state index in [2.05, 4.69) is 24.4 Å². The number of rotatable bonds is 1. The Balaban J connectivity index is 1.83. The van der Waals surface area contributed by atoms with E-state index >= 15 is 0 Å². The van der Waals surface area contributed by atoms with Gasteiger partial charge in [-0.05, 0) is 49.4 Å². The fraction of sp³-hybridized carbons (Fsp3) is 0.533. The molecule has 3 nitrogen and oxygen atoms in total. The van der Waals surface area contributed by atoms with Gasteiger partial charge in [-0.1, -0.05) is 6.07 Å². The first-order chi connectivity index (χ1) is 8.75. The summed E-state index contributed by atoms with van der Waals surface area (Å²) in [4.78, 5) is 14.5. The molecule has 0 radical (unpaired) electrons. The van der Waals surface area contributed by atoms with Crippen molar-refractivity contribution in [3.63, 3.8) is 0 Å². The zero-order valence-electron chi connectivity index (χ0n) is 10.9. The molecule has 1 amide bonds. The Labute approximate surface area is 108 Å². The van der Waals surface area contributed by atoms with E-state index in [-0.39, 0.29) is 5.91 Å². The molecule has 3 heteroatoms. The fourth-order valence-corrected chi connectivity index (χ4v) is 3.01. The van der Waals surface area contributed by atoms with Crippen molar-refractivity contribution in [2.45, 2.75) is 32.2 Å². The molecule has 0 unspecified atom stereocenters. The zero-order valence-corrected chi connectivity index (χ0v) is 10.9. The van der Waals surface area contributed by atoms with Gasteiger partial charge in [-0.3, -0.25) is 4.79 Å². The maximum atomic E-state index is 12.5. The van der Waals surface area contributed by atoms with E-state index in [0.717, 1.165) is 31.6 Å². The number of piperazine rings is 1. The Kier molecular flexibility index (Phi) is 3.08. The first-order valence-corrected chi connectivity index (χ1v) is 6.89. The lowest BCUT2D eigenvalue weighted by atomic mass is 10.0. The summed E-state index contributed by atoms with van der Waals surface area (Å²) in [7, 11) is 0. The zero-order chi connectivity index (χ0) is 12.5. The highest BCUT2D eigenvalue weighted by atomic mass is 16.2. The van der Waals surface area contributed by atoms with Crippen molar-refractivity contribution in [3.05, 3.63) is 34.9 Å². The van der Waals surface area contributed by atoms with Crippen LogP contribution in [0.5, 0.6) is 0 Å². The minimum atomic E-state index is 0.193. The number of carbonyl (C=O) groups is 1. The summed E-state index contributed by atoms with van der Waals surface area (Å²) in [6, 6.07) is 6.54. The number of benzene rings is 1. The average molecular weight is 244 g/mol. The minimum Gasteiger partial charge on any atom is -0.333 e. The van der Waals surface area contributed by atoms with Crippen LogP contribution < -0.4 is 5.32 Å². The van der Waals surface area contributed by atoms with Gasteiger partial charge in [0.2, 0.25) is 0 Å². The van der Waals surface area contributed by atoms with Crippen LogP contribution in [-0.2, 0) is 12.8 Å². The van der Waals surface area contributed by atoms with Gasteiger partial charge < -0.3 is 10.2 Å². The highest BCUT2D eigenvalue weighted by molar-refractivity contribution is 5.94. The molecular formula is C15H20N2O. The van der Waals surface area contributed by atoms with Crippen LogP contribution in [-0.4, -0.2) is 36.5 Å². The summed E-state index contributed by atoms with van der Waals surface area (Å²) in [5.74, 6) is 0.193. The fourth-order valence-electron chi connectivity index (χ4n) is 3.01. The Morgan fingerprint density at radius 2 is 2.17 bits per heavy atom. The quantitative estimate of drug-likeness (QED) is 0.814. The molecule has 18 heavy (non-hydrogen) atoms. The third-order valence-corrected chi connectivity index (χ3v) is 4.11. The molecule has 1 aliphatic heterocycles. The van der Waals surface area contributed by atoms with Gasteiger partial charge in [0.25, 0.3) is 5.91 Å². The minimum absolute atomic E-state index is 0.193.